The molecule has 0 radical (unpaired) electrons. The Bertz CT molecular complexity index is 854. The van der Waals surface area contributed by atoms with Crippen LogP contribution < -0.4 is 5.32 Å². The van der Waals surface area contributed by atoms with E-state index in [-0.39, 0.29) is 5.91 Å². The maximum Gasteiger partial charge on any atom is 0.246 e. The van der Waals surface area contributed by atoms with E-state index < -0.39 is 0 Å². The van der Waals surface area contributed by atoms with Crippen LogP contribution in [0.15, 0.2) is 30.3 Å². The van der Waals surface area contributed by atoms with E-state index in [9.17, 15) is 4.79 Å². The van der Waals surface area contributed by atoms with Gasteiger partial charge in [0, 0.05) is 16.1 Å². The number of hydrogen-bond acceptors (Lipinski definition) is 3. The number of nitrogens with zero attached hydrogens (tertiary/aromatic N) is 2. The summed E-state index contributed by atoms with van der Waals surface area (Å²) in [7, 11) is 0. The van der Waals surface area contributed by atoms with Crippen molar-refractivity contribution in [1.82, 2.24) is 9.55 Å². The first-order valence-corrected chi connectivity index (χ1v) is 8.85. The van der Waals surface area contributed by atoms with Crippen molar-refractivity contribution in [2.24, 2.45) is 0 Å². The van der Waals surface area contributed by atoms with Crippen LogP contribution in [-0.2, 0) is 24.2 Å². The zero-order valence-electron chi connectivity index (χ0n) is 13.1. The SMILES string of the molecule is Cc1cc2ccccc2n1CC(=O)Nc1nc2c(s1)CCCC2. The number of hydrogen-bond donors (Lipinski definition) is 1. The number of benzene rings is 1. The lowest BCUT2D eigenvalue weighted by Crippen LogP contribution is -2.19. The van der Waals surface area contributed by atoms with Gasteiger partial charge in [-0.15, -0.1) is 11.3 Å². The molecule has 0 spiro atoms. The van der Waals surface area contributed by atoms with E-state index >= 15 is 0 Å². The lowest BCUT2D eigenvalue weighted by atomic mass is 10.0. The minimum atomic E-state index is -0.0134. The van der Waals surface area contributed by atoms with Crippen LogP contribution in [0.2, 0.25) is 0 Å². The van der Waals surface area contributed by atoms with Crippen LogP contribution >= 0.6 is 11.3 Å². The lowest BCUT2D eigenvalue weighted by Gasteiger charge is -2.07. The van der Waals surface area contributed by atoms with Crippen molar-refractivity contribution in [3.63, 3.8) is 0 Å². The molecule has 3 aromatic rings. The molecule has 4 nitrogen and oxygen atoms in total. The molecule has 1 aliphatic rings. The van der Waals surface area contributed by atoms with Crippen molar-refractivity contribution in [1.29, 1.82) is 0 Å². The molecule has 0 atom stereocenters. The third kappa shape index (κ3) is 2.77. The molecule has 2 aromatic heterocycles. The minimum Gasteiger partial charge on any atom is -0.335 e. The van der Waals surface area contributed by atoms with E-state index in [1.165, 1.54) is 28.8 Å². The summed E-state index contributed by atoms with van der Waals surface area (Å²) in [5, 5.41) is 4.89. The molecule has 0 saturated heterocycles. The molecule has 4 rings (SSSR count). The van der Waals surface area contributed by atoms with Crippen molar-refractivity contribution in [2.45, 2.75) is 39.2 Å². The smallest absolute Gasteiger partial charge is 0.246 e. The topological polar surface area (TPSA) is 46.9 Å². The number of anilines is 1. The molecule has 118 valence electrons. The summed E-state index contributed by atoms with van der Waals surface area (Å²) in [6.45, 7) is 2.36. The van der Waals surface area contributed by atoms with Gasteiger partial charge in [-0.3, -0.25) is 4.79 Å². The Morgan fingerprint density at radius 1 is 1.30 bits per heavy atom. The molecule has 0 unspecified atom stereocenters. The predicted octanol–water partition coefficient (Wildman–Crippen LogP) is 3.92. The van der Waals surface area contributed by atoms with Gasteiger partial charge in [0.2, 0.25) is 5.91 Å². The molecule has 2 heterocycles. The summed E-state index contributed by atoms with van der Waals surface area (Å²) in [5.41, 5.74) is 3.37. The van der Waals surface area contributed by atoms with Crippen LogP contribution in [0, 0.1) is 6.92 Å². The van der Waals surface area contributed by atoms with Crippen LogP contribution in [0.5, 0.6) is 0 Å². The van der Waals surface area contributed by atoms with Crippen molar-refractivity contribution in [2.75, 3.05) is 5.32 Å². The van der Waals surface area contributed by atoms with Crippen LogP contribution in [0.1, 0.15) is 29.1 Å². The number of rotatable bonds is 3. The highest BCUT2D eigenvalue weighted by molar-refractivity contribution is 7.15. The molecule has 0 fully saturated rings. The van der Waals surface area contributed by atoms with Crippen molar-refractivity contribution in [3.05, 3.63) is 46.6 Å². The molecule has 1 aliphatic carbocycles. The summed E-state index contributed by atoms with van der Waals surface area (Å²) < 4.78 is 2.05. The predicted molar refractivity (Wildman–Crippen MR) is 94.1 cm³/mol. The van der Waals surface area contributed by atoms with Crippen LogP contribution in [0.3, 0.4) is 0 Å². The molecular weight excluding hydrogens is 306 g/mol. The highest BCUT2D eigenvalue weighted by Crippen LogP contribution is 2.29. The van der Waals surface area contributed by atoms with E-state index in [0.717, 1.165) is 29.2 Å². The monoisotopic (exact) mass is 325 g/mol. The third-order valence-electron chi connectivity index (χ3n) is 4.41. The zero-order valence-corrected chi connectivity index (χ0v) is 13.9. The van der Waals surface area contributed by atoms with E-state index in [2.05, 4.69) is 33.1 Å². The summed E-state index contributed by atoms with van der Waals surface area (Å²) >= 11 is 1.63. The van der Waals surface area contributed by atoms with Gasteiger partial charge in [0.15, 0.2) is 5.13 Å². The second kappa shape index (κ2) is 5.81. The van der Waals surface area contributed by atoms with E-state index in [0.29, 0.717) is 6.54 Å². The quantitative estimate of drug-likeness (QED) is 0.793. The maximum absolute atomic E-state index is 12.4. The normalized spacial score (nSPS) is 14.0. The second-order valence-corrected chi connectivity index (χ2v) is 7.16. The fourth-order valence-electron chi connectivity index (χ4n) is 3.27. The van der Waals surface area contributed by atoms with Gasteiger partial charge in [-0.1, -0.05) is 18.2 Å². The molecular formula is C18H19N3OS. The fraction of sp³-hybridized carbons (Fsp3) is 0.333. The molecule has 0 saturated carbocycles. The number of aromatic nitrogens is 2. The summed E-state index contributed by atoms with van der Waals surface area (Å²) in [5.74, 6) is -0.0134. The molecule has 1 amide bonds. The van der Waals surface area contributed by atoms with Gasteiger partial charge in [-0.05, 0) is 50.1 Å². The number of para-hydroxylation sites is 1. The first-order chi connectivity index (χ1) is 11.2. The average molecular weight is 325 g/mol. The standard InChI is InChI=1S/C18H19N3OS/c1-12-10-13-6-2-4-8-15(13)21(12)11-17(22)20-18-19-14-7-3-5-9-16(14)23-18/h2,4,6,8,10H,3,5,7,9,11H2,1H3,(H,19,20,22). The Balaban J connectivity index is 1.53. The van der Waals surface area contributed by atoms with Gasteiger partial charge in [0.1, 0.15) is 6.54 Å². The van der Waals surface area contributed by atoms with Gasteiger partial charge in [-0.2, -0.15) is 0 Å². The molecule has 23 heavy (non-hydrogen) atoms. The number of amides is 1. The fourth-order valence-corrected chi connectivity index (χ4v) is 4.33. The molecule has 0 aliphatic heterocycles. The van der Waals surface area contributed by atoms with E-state index in [4.69, 9.17) is 0 Å². The lowest BCUT2D eigenvalue weighted by molar-refractivity contribution is -0.116. The second-order valence-electron chi connectivity index (χ2n) is 6.07. The highest BCUT2D eigenvalue weighted by atomic mass is 32.1. The van der Waals surface area contributed by atoms with Crippen LogP contribution in [0.4, 0.5) is 5.13 Å². The molecule has 1 N–H and O–H groups in total. The molecule has 1 aromatic carbocycles. The molecule has 0 bridgehead atoms. The number of carbonyl (C=O) groups is 1. The van der Waals surface area contributed by atoms with Crippen molar-refractivity contribution in [3.8, 4) is 0 Å². The first-order valence-electron chi connectivity index (χ1n) is 8.04. The summed E-state index contributed by atoms with van der Waals surface area (Å²) in [6.07, 6.45) is 4.59. The highest BCUT2D eigenvalue weighted by Gasteiger charge is 2.17. The first kappa shape index (κ1) is 14.5. The summed E-state index contributed by atoms with van der Waals surface area (Å²) in [6, 6.07) is 10.3. The zero-order chi connectivity index (χ0) is 15.8. The minimum absolute atomic E-state index is 0.0134. The van der Waals surface area contributed by atoms with E-state index in [1.54, 1.807) is 11.3 Å². The van der Waals surface area contributed by atoms with E-state index in [1.807, 2.05) is 19.1 Å². The average Bonchev–Trinajstić information content (AvgIpc) is 3.08. The largest absolute Gasteiger partial charge is 0.335 e. The number of thiazole rings is 1. The Hall–Kier alpha value is -2.14. The van der Waals surface area contributed by atoms with Crippen molar-refractivity contribution >= 4 is 33.3 Å². The summed E-state index contributed by atoms with van der Waals surface area (Å²) in [4.78, 5) is 18.3. The van der Waals surface area contributed by atoms with Gasteiger partial charge in [-0.25, -0.2) is 4.98 Å². The maximum atomic E-state index is 12.4. The van der Waals surface area contributed by atoms with Crippen LogP contribution in [-0.4, -0.2) is 15.5 Å². The Morgan fingerprint density at radius 2 is 2.13 bits per heavy atom. The van der Waals surface area contributed by atoms with Gasteiger partial charge in [0.25, 0.3) is 0 Å². The van der Waals surface area contributed by atoms with Gasteiger partial charge in [0.05, 0.1) is 5.69 Å². The number of aryl methyl sites for hydroxylation is 3. The number of carbonyl (C=O) groups excluding carboxylic acids is 1. The Kier molecular flexibility index (Phi) is 3.65. The number of fused-ring (bicyclic) bond motifs is 2. The van der Waals surface area contributed by atoms with Crippen LogP contribution in [0.25, 0.3) is 10.9 Å². The Labute approximate surface area is 139 Å². The van der Waals surface area contributed by atoms with Crippen molar-refractivity contribution < 1.29 is 4.79 Å². The Morgan fingerprint density at radius 3 is 3.00 bits per heavy atom. The molecule has 5 heteroatoms. The van der Waals surface area contributed by atoms with Gasteiger partial charge < -0.3 is 9.88 Å². The van der Waals surface area contributed by atoms with Gasteiger partial charge >= 0.3 is 0 Å². The number of nitrogens with one attached hydrogen (secondary N) is 1. The third-order valence-corrected chi connectivity index (χ3v) is 5.48.